The summed E-state index contributed by atoms with van der Waals surface area (Å²) < 4.78 is 0. The molecule has 0 bridgehead atoms. The van der Waals surface area contributed by atoms with Gasteiger partial charge < -0.3 is 20.4 Å². The van der Waals surface area contributed by atoms with E-state index in [0.29, 0.717) is 43.7 Å². The first-order valence-corrected chi connectivity index (χ1v) is 9.50. The number of hydrogen-bond donors (Lipinski definition) is 2. The smallest absolute Gasteiger partial charge is 0.318 e. The van der Waals surface area contributed by atoms with Crippen molar-refractivity contribution in [2.75, 3.05) is 31.1 Å². The first kappa shape index (κ1) is 19.9. The van der Waals surface area contributed by atoms with Crippen molar-refractivity contribution in [1.29, 1.82) is 0 Å². The Morgan fingerprint density at radius 3 is 2.39 bits per heavy atom. The lowest BCUT2D eigenvalue weighted by Gasteiger charge is -2.35. The Balaban J connectivity index is 1.42. The van der Waals surface area contributed by atoms with Gasteiger partial charge in [-0.3, -0.25) is 4.79 Å². The van der Waals surface area contributed by atoms with Gasteiger partial charge in [-0.15, -0.1) is 0 Å². The van der Waals surface area contributed by atoms with Crippen LogP contribution >= 0.6 is 11.6 Å². The van der Waals surface area contributed by atoms with Gasteiger partial charge in [0.15, 0.2) is 0 Å². The summed E-state index contributed by atoms with van der Waals surface area (Å²) in [5.74, 6) is 0.428. The summed E-state index contributed by atoms with van der Waals surface area (Å²) in [7, 11) is 0. The molecule has 2 N–H and O–H groups in total. The fraction of sp³-hybridized carbons (Fsp3) is 0.368. The predicted octanol–water partition coefficient (Wildman–Crippen LogP) is 1.67. The van der Waals surface area contributed by atoms with E-state index in [2.05, 4.69) is 20.6 Å². The van der Waals surface area contributed by atoms with Crippen molar-refractivity contribution in [3.63, 3.8) is 0 Å². The van der Waals surface area contributed by atoms with E-state index in [1.54, 1.807) is 42.4 Å². The SMILES string of the molecule is C[C@H](NC(=O)N1CCN(c2ncccn2)CC1)C(=O)NCc1ccc(Cl)cc1. The van der Waals surface area contributed by atoms with Gasteiger partial charge in [0, 0.05) is 50.1 Å². The van der Waals surface area contributed by atoms with Crippen LogP contribution in [0.3, 0.4) is 0 Å². The number of urea groups is 1. The number of rotatable bonds is 5. The first-order valence-electron chi connectivity index (χ1n) is 9.12. The molecule has 9 heteroatoms. The molecule has 2 heterocycles. The van der Waals surface area contributed by atoms with Crippen LogP contribution in [0.2, 0.25) is 5.02 Å². The molecule has 1 saturated heterocycles. The summed E-state index contributed by atoms with van der Waals surface area (Å²) in [4.78, 5) is 36.9. The largest absolute Gasteiger partial charge is 0.350 e. The Kier molecular flexibility index (Phi) is 6.65. The Morgan fingerprint density at radius 1 is 1.11 bits per heavy atom. The highest BCUT2D eigenvalue weighted by molar-refractivity contribution is 6.30. The zero-order valence-electron chi connectivity index (χ0n) is 15.6. The number of carbonyl (C=O) groups excluding carboxylic acids is 2. The zero-order valence-corrected chi connectivity index (χ0v) is 16.4. The van der Waals surface area contributed by atoms with Gasteiger partial charge in [0.05, 0.1) is 0 Å². The van der Waals surface area contributed by atoms with Crippen LogP contribution in [0, 0.1) is 0 Å². The number of benzene rings is 1. The quantitative estimate of drug-likeness (QED) is 0.793. The van der Waals surface area contributed by atoms with E-state index in [9.17, 15) is 9.59 Å². The van der Waals surface area contributed by atoms with Crippen molar-refractivity contribution in [3.05, 3.63) is 53.3 Å². The van der Waals surface area contributed by atoms with Crippen LogP contribution in [-0.2, 0) is 11.3 Å². The Labute approximate surface area is 168 Å². The minimum atomic E-state index is -0.629. The number of aromatic nitrogens is 2. The van der Waals surface area contributed by atoms with Crippen molar-refractivity contribution in [2.24, 2.45) is 0 Å². The van der Waals surface area contributed by atoms with Gasteiger partial charge in [-0.1, -0.05) is 23.7 Å². The second-order valence-electron chi connectivity index (χ2n) is 6.54. The molecule has 1 aromatic carbocycles. The molecule has 0 spiro atoms. The summed E-state index contributed by atoms with van der Waals surface area (Å²) in [6.07, 6.45) is 3.40. The molecule has 0 saturated carbocycles. The second-order valence-corrected chi connectivity index (χ2v) is 6.97. The van der Waals surface area contributed by atoms with E-state index in [1.165, 1.54) is 0 Å². The number of carbonyl (C=O) groups is 2. The molecule has 3 amide bonds. The van der Waals surface area contributed by atoms with Crippen molar-refractivity contribution in [2.45, 2.75) is 19.5 Å². The molecule has 2 aromatic rings. The predicted molar refractivity (Wildman–Crippen MR) is 107 cm³/mol. The van der Waals surface area contributed by atoms with Crippen LogP contribution in [0.1, 0.15) is 12.5 Å². The minimum absolute atomic E-state index is 0.236. The lowest BCUT2D eigenvalue weighted by Crippen LogP contribution is -2.55. The molecule has 1 aromatic heterocycles. The van der Waals surface area contributed by atoms with Crippen LogP contribution in [0.5, 0.6) is 0 Å². The number of amides is 3. The molecule has 0 radical (unpaired) electrons. The molecule has 0 unspecified atom stereocenters. The van der Waals surface area contributed by atoms with E-state index in [4.69, 9.17) is 11.6 Å². The van der Waals surface area contributed by atoms with E-state index in [-0.39, 0.29) is 11.9 Å². The van der Waals surface area contributed by atoms with Gasteiger partial charge in [0.1, 0.15) is 6.04 Å². The summed E-state index contributed by atoms with van der Waals surface area (Å²) >= 11 is 5.85. The number of nitrogens with zero attached hydrogens (tertiary/aromatic N) is 4. The van der Waals surface area contributed by atoms with E-state index < -0.39 is 6.04 Å². The molecule has 148 valence electrons. The fourth-order valence-electron chi connectivity index (χ4n) is 2.85. The molecule has 28 heavy (non-hydrogen) atoms. The van der Waals surface area contributed by atoms with Gasteiger partial charge in [0.25, 0.3) is 0 Å². The van der Waals surface area contributed by atoms with Gasteiger partial charge in [0.2, 0.25) is 11.9 Å². The second kappa shape index (κ2) is 9.36. The monoisotopic (exact) mass is 402 g/mol. The molecular formula is C19H23ClN6O2. The van der Waals surface area contributed by atoms with Gasteiger partial charge >= 0.3 is 6.03 Å². The summed E-state index contributed by atoms with van der Waals surface area (Å²) in [6.45, 7) is 4.44. The number of hydrogen-bond acceptors (Lipinski definition) is 5. The maximum atomic E-state index is 12.4. The molecule has 1 fully saturated rings. The zero-order chi connectivity index (χ0) is 19.9. The maximum absolute atomic E-state index is 12.4. The fourth-order valence-corrected chi connectivity index (χ4v) is 2.98. The highest BCUT2D eigenvalue weighted by Crippen LogP contribution is 2.10. The molecule has 1 aliphatic heterocycles. The molecule has 8 nitrogen and oxygen atoms in total. The van der Waals surface area contributed by atoms with Crippen LogP contribution in [0.4, 0.5) is 10.7 Å². The third-order valence-corrected chi connectivity index (χ3v) is 4.77. The third kappa shape index (κ3) is 5.32. The third-order valence-electron chi connectivity index (χ3n) is 4.52. The first-order chi connectivity index (χ1) is 13.5. The summed E-state index contributed by atoms with van der Waals surface area (Å²) in [5.41, 5.74) is 0.940. The standard InChI is InChI=1S/C19H23ClN6O2/c1-14(17(27)23-13-15-3-5-16(20)6-4-15)24-19(28)26-11-9-25(10-12-26)18-21-7-2-8-22-18/h2-8,14H,9-13H2,1H3,(H,23,27)(H,24,28)/t14-/m0/s1. The summed E-state index contributed by atoms with van der Waals surface area (Å²) in [5, 5.41) is 6.22. The summed E-state index contributed by atoms with van der Waals surface area (Å²) in [6, 6.07) is 8.14. The Hall–Kier alpha value is -2.87. The van der Waals surface area contributed by atoms with Crippen molar-refractivity contribution in [3.8, 4) is 0 Å². The topological polar surface area (TPSA) is 90.5 Å². The molecule has 1 atom stereocenters. The molecular weight excluding hydrogens is 380 g/mol. The van der Waals surface area contributed by atoms with Crippen LogP contribution in [0.15, 0.2) is 42.7 Å². The Morgan fingerprint density at radius 2 is 1.75 bits per heavy atom. The average molecular weight is 403 g/mol. The van der Waals surface area contributed by atoms with E-state index in [1.807, 2.05) is 17.0 Å². The van der Waals surface area contributed by atoms with Crippen molar-refractivity contribution < 1.29 is 9.59 Å². The normalized spacial score (nSPS) is 15.1. The number of nitrogens with one attached hydrogen (secondary N) is 2. The molecule has 1 aliphatic rings. The van der Waals surface area contributed by atoms with Gasteiger partial charge in [-0.25, -0.2) is 14.8 Å². The number of piperazine rings is 1. The van der Waals surface area contributed by atoms with E-state index >= 15 is 0 Å². The van der Waals surface area contributed by atoms with Crippen molar-refractivity contribution in [1.82, 2.24) is 25.5 Å². The van der Waals surface area contributed by atoms with Gasteiger partial charge in [-0.05, 0) is 30.7 Å². The number of halogens is 1. The Bertz CT molecular complexity index is 794. The number of anilines is 1. The average Bonchev–Trinajstić information content (AvgIpc) is 2.73. The van der Waals surface area contributed by atoms with Crippen LogP contribution in [0.25, 0.3) is 0 Å². The van der Waals surface area contributed by atoms with Crippen LogP contribution < -0.4 is 15.5 Å². The molecule has 3 rings (SSSR count). The van der Waals surface area contributed by atoms with Crippen LogP contribution in [-0.4, -0.2) is 59.0 Å². The highest BCUT2D eigenvalue weighted by Gasteiger charge is 2.24. The lowest BCUT2D eigenvalue weighted by atomic mass is 10.2. The lowest BCUT2D eigenvalue weighted by molar-refractivity contribution is -0.122. The van der Waals surface area contributed by atoms with Gasteiger partial charge in [-0.2, -0.15) is 0 Å². The molecule has 0 aliphatic carbocycles. The van der Waals surface area contributed by atoms with Crippen molar-refractivity contribution >= 4 is 29.5 Å². The minimum Gasteiger partial charge on any atom is -0.350 e. The maximum Gasteiger partial charge on any atom is 0.318 e. The highest BCUT2D eigenvalue weighted by atomic mass is 35.5. The van der Waals surface area contributed by atoms with E-state index in [0.717, 1.165) is 5.56 Å².